The van der Waals surface area contributed by atoms with Crippen LogP contribution in [0.1, 0.15) is 22.2 Å². The Morgan fingerprint density at radius 2 is 2.15 bits per heavy atom. The molecule has 0 fully saturated rings. The van der Waals surface area contributed by atoms with E-state index in [4.69, 9.17) is 34.8 Å². The first-order chi connectivity index (χ1) is 9.26. The lowest BCUT2D eigenvalue weighted by Gasteiger charge is -2.12. The highest BCUT2D eigenvalue weighted by molar-refractivity contribution is 6.67. The summed E-state index contributed by atoms with van der Waals surface area (Å²) in [6.07, 6.45) is -2.13. The van der Waals surface area contributed by atoms with Crippen molar-refractivity contribution >= 4 is 52.6 Å². The van der Waals surface area contributed by atoms with Gasteiger partial charge in [-0.05, 0) is 18.2 Å². The molecule has 1 aromatic carbocycles. The van der Waals surface area contributed by atoms with Gasteiger partial charge in [0.15, 0.2) is 0 Å². The molecule has 1 atom stereocenters. The molecular formula is C11H8Cl3NO5. The Labute approximate surface area is 128 Å². The lowest BCUT2D eigenvalue weighted by molar-refractivity contribution is -0.0547. The second-order valence-electron chi connectivity index (χ2n) is 3.88. The number of fused-ring (bicyclic) bond motifs is 1. The molecule has 6 nitrogen and oxygen atoms in total. The van der Waals surface area contributed by atoms with Crippen LogP contribution in [0.4, 0.5) is 10.5 Å². The van der Waals surface area contributed by atoms with Crippen molar-refractivity contribution in [1.82, 2.24) is 0 Å². The largest absolute Gasteiger partial charge is 0.445 e. The molecule has 1 aliphatic rings. The second kappa shape index (κ2) is 5.65. The van der Waals surface area contributed by atoms with E-state index >= 15 is 0 Å². The summed E-state index contributed by atoms with van der Waals surface area (Å²) in [5.41, 5.74) is 0.774. The van der Waals surface area contributed by atoms with Crippen molar-refractivity contribution < 1.29 is 24.2 Å². The quantitative estimate of drug-likeness (QED) is 0.639. The van der Waals surface area contributed by atoms with Crippen LogP contribution in [0.2, 0.25) is 0 Å². The molecule has 1 amide bonds. The average Bonchev–Trinajstić information content (AvgIpc) is 2.62. The van der Waals surface area contributed by atoms with Gasteiger partial charge < -0.3 is 14.6 Å². The Hall–Kier alpha value is -1.21. The second-order valence-corrected chi connectivity index (χ2v) is 6.39. The van der Waals surface area contributed by atoms with Gasteiger partial charge in [-0.2, -0.15) is 0 Å². The number of amides is 1. The molecule has 2 N–H and O–H groups in total. The SMILES string of the molecule is O=C(Nc1ccc2c(c1)C(=O)OC2O)OCC(Cl)(Cl)Cl. The third-order valence-corrected chi connectivity index (χ3v) is 2.70. The maximum Gasteiger partial charge on any atom is 0.411 e. The molecule has 20 heavy (non-hydrogen) atoms. The van der Waals surface area contributed by atoms with Crippen molar-refractivity contribution in [3.05, 3.63) is 29.3 Å². The van der Waals surface area contributed by atoms with Crippen molar-refractivity contribution in [2.45, 2.75) is 10.1 Å². The number of carbonyl (C=O) groups is 2. The molecule has 1 unspecified atom stereocenters. The number of aliphatic hydroxyl groups excluding tert-OH is 1. The Kier molecular flexibility index (Phi) is 4.29. The van der Waals surface area contributed by atoms with E-state index in [0.29, 0.717) is 5.56 Å². The zero-order chi connectivity index (χ0) is 14.9. The van der Waals surface area contributed by atoms with Gasteiger partial charge in [-0.1, -0.05) is 34.8 Å². The van der Waals surface area contributed by atoms with Crippen molar-refractivity contribution in [2.24, 2.45) is 0 Å². The number of rotatable bonds is 2. The van der Waals surface area contributed by atoms with E-state index in [1.807, 2.05) is 0 Å². The summed E-state index contributed by atoms with van der Waals surface area (Å²) in [6, 6.07) is 4.28. The van der Waals surface area contributed by atoms with Crippen LogP contribution in [-0.4, -0.2) is 27.6 Å². The van der Waals surface area contributed by atoms with Crippen LogP contribution in [-0.2, 0) is 9.47 Å². The molecule has 0 saturated heterocycles. The van der Waals surface area contributed by atoms with Gasteiger partial charge in [-0.15, -0.1) is 0 Å². The summed E-state index contributed by atoms with van der Waals surface area (Å²) in [6.45, 7) is -0.421. The summed E-state index contributed by atoms with van der Waals surface area (Å²) in [5, 5.41) is 11.8. The molecule has 1 aliphatic heterocycles. The number of aliphatic hydroxyl groups is 1. The molecular weight excluding hydrogens is 332 g/mol. The highest BCUT2D eigenvalue weighted by atomic mass is 35.6. The Bertz CT molecular complexity index is 557. The van der Waals surface area contributed by atoms with E-state index in [2.05, 4.69) is 14.8 Å². The fourth-order valence-electron chi connectivity index (χ4n) is 1.56. The third kappa shape index (κ3) is 3.67. The molecule has 1 aromatic rings. The van der Waals surface area contributed by atoms with Crippen LogP contribution in [0, 0.1) is 0 Å². The molecule has 0 bridgehead atoms. The molecule has 108 valence electrons. The fourth-order valence-corrected chi connectivity index (χ4v) is 1.72. The number of carbonyl (C=O) groups excluding carboxylic acids is 2. The molecule has 2 rings (SSSR count). The predicted molar refractivity (Wildman–Crippen MR) is 72.1 cm³/mol. The minimum atomic E-state index is -1.71. The van der Waals surface area contributed by atoms with E-state index in [9.17, 15) is 14.7 Å². The van der Waals surface area contributed by atoms with Crippen LogP contribution in [0.5, 0.6) is 0 Å². The Morgan fingerprint density at radius 3 is 2.80 bits per heavy atom. The molecule has 0 aromatic heterocycles. The highest BCUT2D eigenvalue weighted by Crippen LogP contribution is 2.30. The fraction of sp³-hybridized carbons (Fsp3) is 0.273. The molecule has 0 saturated carbocycles. The first-order valence-corrected chi connectivity index (χ1v) is 6.43. The summed E-state index contributed by atoms with van der Waals surface area (Å²) >= 11 is 16.3. The Balaban J connectivity index is 2.03. The standard InChI is InChI=1S/C11H8Cl3NO5/c12-11(13,14)4-19-10(18)15-5-1-2-6-7(3-5)9(17)20-8(6)16/h1-3,8,16H,4H2,(H,15,18). The molecule has 9 heteroatoms. The van der Waals surface area contributed by atoms with Gasteiger partial charge in [0.05, 0.1) is 5.56 Å². The monoisotopic (exact) mass is 339 g/mol. The summed E-state index contributed by atoms with van der Waals surface area (Å²) in [4.78, 5) is 22.8. The van der Waals surface area contributed by atoms with Gasteiger partial charge in [-0.3, -0.25) is 5.32 Å². The van der Waals surface area contributed by atoms with E-state index in [1.165, 1.54) is 18.2 Å². The number of hydrogen-bond donors (Lipinski definition) is 2. The number of ether oxygens (including phenoxy) is 2. The van der Waals surface area contributed by atoms with Crippen molar-refractivity contribution in [3.63, 3.8) is 0 Å². The number of nitrogens with one attached hydrogen (secondary N) is 1. The average molecular weight is 341 g/mol. The Morgan fingerprint density at radius 1 is 1.45 bits per heavy atom. The first kappa shape index (κ1) is 15.2. The number of anilines is 1. The number of benzene rings is 1. The van der Waals surface area contributed by atoms with E-state index in [1.54, 1.807) is 0 Å². The lowest BCUT2D eigenvalue weighted by Crippen LogP contribution is -2.21. The maximum atomic E-state index is 11.4. The summed E-state index contributed by atoms with van der Waals surface area (Å²) in [5.74, 6) is -0.675. The van der Waals surface area contributed by atoms with Crippen molar-refractivity contribution in [1.29, 1.82) is 0 Å². The van der Waals surface area contributed by atoms with Crippen LogP contribution in [0.15, 0.2) is 18.2 Å². The number of esters is 1. The van der Waals surface area contributed by atoms with Gasteiger partial charge in [-0.25, -0.2) is 9.59 Å². The lowest BCUT2D eigenvalue weighted by atomic mass is 10.1. The minimum absolute atomic E-state index is 0.164. The third-order valence-electron chi connectivity index (χ3n) is 2.37. The zero-order valence-electron chi connectivity index (χ0n) is 9.73. The molecule has 0 radical (unpaired) electrons. The number of hydrogen-bond acceptors (Lipinski definition) is 5. The first-order valence-electron chi connectivity index (χ1n) is 5.30. The molecule has 1 heterocycles. The van der Waals surface area contributed by atoms with Gasteiger partial charge in [0.2, 0.25) is 10.1 Å². The summed E-state index contributed by atoms with van der Waals surface area (Å²) < 4.78 is 7.57. The van der Waals surface area contributed by atoms with Crippen molar-refractivity contribution in [3.8, 4) is 0 Å². The van der Waals surface area contributed by atoms with Crippen LogP contribution >= 0.6 is 34.8 Å². The van der Waals surface area contributed by atoms with Gasteiger partial charge in [0.1, 0.15) is 6.61 Å². The van der Waals surface area contributed by atoms with E-state index in [-0.39, 0.29) is 11.3 Å². The molecule has 0 aliphatic carbocycles. The molecule has 0 spiro atoms. The smallest absolute Gasteiger partial charge is 0.411 e. The van der Waals surface area contributed by atoms with E-state index in [0.717, 1.165) is 0 Å². The summed E-state index contributed by atoms with van der Waals surface area (Å²) in [7, 11) is 0. The van der Waals surface area contributed by atoms with Gasteiger partial charge in [0, 0.05) is 11.3 Å². The van der Waals surface area contributed by atoms with Gasteiger partial charge in [0.25, 0.3) is 0 Å². The van der Waals surface area contributed by atoms with Crippen LogP contribution < -0.4 is 5.32 Å². The normalized spacial score (nSPS) is 17.4. The predicted octanol–water partition coefficient (Wildman–Crippen LogP) is 2.77. The highest BCUT2D eigenvalue weighted by Gasteiger charge is 2.29. The topological polar surface area (TPSA) is 84.9 Å². The van der Waals surface area contributed by atoms with E-state index < -0.39 is 28.8 Å². The van der Waals surface area contributed by atoms with Crippen LogP contribution in [0.3, 0.4) is 0 Å². The van der Waals surface area contributed by atoms with Crippen molar-refractivity contribution in [2.75, 3.05) is 11.9 Å². The number of halogens is 3. The maximum absolute atomic E-state index is 11.4. The number of alkyl halides is 3. The van der Waals surface area contributed by atoms with Crippen LogP contribution in [0.25, 0.3) is 0 Å². The number of cyclic esters (lactones) is 1. The minimum Gasteiger partial charge on any atom is -0.445 e. The zero-order valence-corrected chi connectivity index (χ0v) is 12.0. The van der Waals surface area contributed by atoms with Gasteiger partial charge >= 0.3 is 12.1 Å².